The predicted octanol–water partition coefficient (Wildman–Crippen LogP) is 11.8. The van der Waals surface area contributed by atoms with Crippen LogP contribution < -0.4 is 14.2 Å². The van der Waals surface area contributed by atoms with E-state index in [1.54, 1.807) is 72.8 Å². The van der Waals surface area contributed by atoms with Crippen LogP contribution >= 0.6 is 36.1 Å². The minimum Gasteiger partial charge on any atom is -0.497 e. The molecule has 0 radical (unpaired) electrons. The van der Waals surface area contributed by atoms with E-state index in [-0.39, 0.29) is 9.79 Å². The molecule has 6 aromatic rings. The van der Waals surface area contributed by atoms with Gasteiger partial charge in [-0.15, -0.1) is 0 Å². The Balaban J connectivity index is 0.000000282. The smallest absolute Gasteiger partial charge is 0.416 e. The lowest BCUT2D eigenvalue weighted by Crippen LogP contribution is -2.15. The fraction of sp³-hybridized carbons (Fsp3) is 0.143. The van der Waals surface area contributed by atoms with Gasteiger partial charge in [-0.1, -0.05) is 0 Å². The summed E-state index contributed by atoms with van der Waals surface area (Å²) in [6, 6.07) is 29.3. The Morgan fingerprint density at radius 3 is 0.725 bits per heavy atom. The Bertz CT molecular complexity index is 2750. The van der Waals surface area contributed by atoms with Crippen LogP contribution in [0.1, 0.15) is 16.7 Å². The van der Waals surface area contributed by atoms with Crippen molar-refractivity contribution in [2.45, 2.75) is 47.9 Å². The molecule has 0 aliphatic heterocycles. The SMILES string of the molecule is COc1ccc(S(OS(=O)(=O)c2ccc(C(F)(F)F)cc2)(c2ccc(OC)cc2)c2ccc(OC)cc2)cc1.O=S(=O)(OS)c1ccc(C(F)(F)F)cc1.O=S(=O)(OS)c1ccc(C(F)(F)F)cc1. The normalized spacial score (nSPS) is 12.7. The zero-order valence-corrected chi connectivity index (χ0v) is 40.2. The molecule has 0 saturated carbocycles. The zero-order chi connectivity index (χ0) is 51.6. The number of rotatable bonds is 13. The second kappa shape index (κ2) is 22.7. The van der Waals surface area contributed by atoms with Crippen molar-refractivity contribution in [2.24, 2.45) is 0 Å². The third kappa shape index (κ3) is 14.5. The zero-order valence-electron chi connectivity index (χ0n) is 35.2. The largest absolute Gasteiger partial charge is 0.497 e. The molecule has 0 bridgehead atoms. The van der Waals surface area contributed by atoms with Gasteiger partial charge in [-0.2, -0.15) is 72.0 Å². The van der Waals surface area contributed by atoms with Crippen molar-refractivity contribution < 1.29 is 89.9 Å². The quantitative estimate of drug-likeness (QED) is 0.0642. The molecule has 0 amide bonds. The minimum atomic E-state index is -4.62. The van der Waals surface area contributed by atoms with Crippen LogP contribution in [0.2, 0.25) is 0 Å². The van der Waals surface area contributed by atoms with Crippen LogP contribution in [0.3, 0.4) is 0 Å². The van der Waals surface area contributed by atoms with E-state index in [0.717, 1.165) is 36.4 Å². The van der Waals surface area contributed by atoms with Gasteiger partial charge in [-0.3, -0.25) is 0 Å². The molecule has 0 aliphatic carbocycles. The molecule has 374 valence electrons. The fourth-order valence-electron chi connectivity index (χ4n) is 5.52. The average Bonchev–Trinajstić information content (AvgIpc) is 3.33. The number of hydrogen-bond donors (Lipinski definition) is 2. The third-order valence-electron chi connectivity index (χ3n) is 8.97. The highest BCUT2D eigenvalue weighted by Crippen LogP contribution is 2.70. The van der Waals surface area contributed by atoms with Crippen molar-refractivity contribution in [2.75, 3.05) is 21.3 Å². The second-order valence-electron chi connectivity index (χ2n) is 13.2. The van der Waals surface area contributed by atoms with Crippen LogP contribution in [0.25, 0.3) is 0 Å². The van der Waals surface area contributed by atoms with Gasteiger partial charge in [0.05, 0.1) is 52.7 Å². The van der Waals surface area contributed by atoms with E-state index in [1.807, 2.05) is 0 Å². The first-order chi connectivity index (χ1) is 32.1. The summed E-state index contributed by atoms with van der Waals surface area (Å²) in [6.45, 7) is 0. The molecule has 0 spiro atoms. The van der Waals surface area contributed by atoms with Crippen molar-refractivity contribution in [3.05, 3.63) is 162 Å². The van der Waals surface area contributed by atoms with E-state index in [2.05, 4.69) is 33.1 Å². The molecular formula is C42H35F9O12S6. The van der Waals surface area contributed by atoms with Gasteiger partial charge >= 0.3 is 48.9 Å². The summed E-state index contributed by atoms with van der Waals surface area (Å²) in [5, 5.41) is 0. The lowest BCUT2D eigenvalue weighted by atomic mass is 10.2. The van der Waals surface area contributed by atoms with Crippen LogP contribution in [0.15, 0.2) is 175 Å². The monoisotopic (exact) mass is 1090 g/mol. The lowest BCUT2D eigenvalue weighted by molar-refractivity contribution is -0.138. The molecule has 27 heteroatoms. The molecule has 0 aromatic heterocycles. The van der Waals surface area contributed by atoms with Crippen LogP contribution in [-0.2, 0) is 59.8 Å². The third-order valence-corrected chi connectivity index (χ3v) is 17.4. The Hall–Kier alpha value is -5.13. The van der Waals surface area contributed by atoms with Gasteiger partial charge in [0.2, 0.25) is 0 Å². The summed E-state index contributed by atoms with van der Waals surface area (Å²) in [4.78, 5) is 0.344. The first-order valence-corrected chi connectivity index (χ1v) is 25.0. The van der Waals surface area contributed by atoms with Crippen LogP contribution in [0.5, 0.6) is 17.2 Å². The highest BCUT2D eigenvalue weighted by molar-refractivity contribution is 8.33. The summed E-state index contributed by atoms with van der Waals surface area (Å²) >= 11 is 6.17. The fourth-order valence-corrected chi connectivity index (χ4v) is 12.3. The van der Waals surface area contributed by atoms with Crippen molar-refractivity contribution >= 4 is 66.5 Å². The molecule has 0 unspecified atom stereocenters. The number of halogens is 9. The minimum absolute atomic E-state index is 0.384. The van der Waals surface area contributed by atoms with E-state index < -0.39 is 80.8 Å². The highest BCUT2D eigenvalue weighted by atomic mass is 32.3. The molecule has 0 fully saturated rings. The summed E-state index contributed by atoms with van der Waals surface area (Å²) in [7, 11) is -11.2. The number of thiol groups is 2. The molecule has 6 rings (SSSR count). The maximum absolute atomic E-state index is 13.7. The number of ether oxygens (including phenoxy) is 3. The maximum atomic E-state index is 13.7. The molecule has 0 heterocycles. The molecule has 12 nitrogen and oxygen atoms in total. The van der Waals surface area contributed by atoms with Gasteiger partial charge in [-0.05, 0) is 182 Å². The van der Waals surface area contributed by atoms with Crippen LogP contribution in [-0.4, -0.2) is 46.6 Å². The molecule has 0 saturated heterocycles. The van der Waals surface area contributed by atoms with Gasteiger partial charge in [0.25, 0.3) is 0 Å². The van der Waals surface area contributed by atoms with Gasteiger partial charge in [-0.25, -0.2) is 3.63 Å². The number of alkyl halides is 9. The van der Waals surface area contributed by atoms with E-state index in [4.69, 9.17) is 17.8 Å². The van der Waals surface area contributed by atoms with E-state index in [9.17, 15) is 64.8 Å². The summed E-state index contributed by atoms with van der Waals surface area (Å²) < 4.78 is 213. The summed E-state index contributed by atoms with van der Waals surface area (Å²) in [5.74, 6) is 1.63. The van der Waals surface area contributed by atoms with Gasteiger partial charge in [0, 0.05) is 14.7 Å². The van der Waals surface area contributed by atoms with Crippen LogP contribution in [0, 0.1) is 0 Å². The average molecular weight is 1100 g/mol. The van der Waals surface area contributed by atoms with Crippen molar-refractivity contribution in [3.63, 3.8) is 0 Å². The lowest BCUT2D eigenvalue weighted by Gasteiger charge is -2.39. The topological polar surface area (TPSA) is 158 Å². The standard InChI is InChI=1S/C28H25F3O6S2.2C7H5F3O3S2/c1-34-21-6-14-24(15-7-21)38(25-16-8-22(35-2)9-17-25,26-18-10-23(36-3)11-19-26)37-39(32,33)27-12-4-20(5-13-27)28(29,30)31;2*8-7(9,10)5-1-3-6(4-2-5)15(11,12)13-14/h4-19H,1-3H3;2*1-4,14H. The first-order valence-electron chi connectivity index (χ1n) is 18.5. The van der Waals surface area contributed by atoms with Crippen LogP contribution in [0.4, 0.5) is 39.5 Å². The van der Waals surface area contributed by atoms with E-state index >= 15 is 0 Å². The van der Waals surface area contributed by atoms with Gasteiger partial charge in [0.1, 0.15) is 17.2 Å². The Morgan fingerprint density at radius 2 is 0.536 bits per heavy atom. The summed E-state index contributed by atoms with van der Waals surface area (Å²) in [6.07, 6.45) is -13.6. The molecule has 0 atom stereocenters. The molecule has 6 aromatic carbocycles. The number of methoxy groups -OCH3 is 3. The van der Waals surface area contributed by atoms with Gasteiger partial charge < -0.3 is 14.2 Å². The number of benzene rings is 6. The van der Waals surface area contributed by atoms with Crippen molar-refractivity contribution in [1.82, 2.24) is 0 Å². The molecule has 0 N–H and O–H groups in total. The van der Waals surface area contributed by atoms with Crippen molar-refractivity contribution in [3.8, 4) is 17.2 Å². The van der Waals surface area contributed by atoms with Crippen molar-refractivity contribution in [1.29, 1.82) is 0 Å². The van der Waals surface area contributed by atoms with E-state index in [0.29, 0.717) is 68.3 Å². The second-order valence-corrected chi connectivity index (χ2v) is 21.6. The molecule has 0 aliphatic rings. The highest BCUT2D eigenvalue weighted by Gasteiger charge is 2.39. The predicted molar refractivity (Wildman–Crippen MR) is 238 cm³/mol. The van der Waals surface area contributed by atoms with Gasteiger partial charge in [0.15, 0.2) is 0 Å². The molecule has 69 heavy (non-hydrogen) atoms. The Labute approximate surface area is 403 Å². The number of hydrogen-bond acceptors (Lipinski definition) is 14. The Kier molecular flexibility index (Phi) is 18.6. The first kappa shape index (κ1) is 56.5. The Morgan fingerprint density at radius 1 is 0.333 bits per heavy atom. The van der Waals surface area contributed by atoms with E-state index in [1.165, 1.54) is 21.3 Å². The molecular weight excluding hydrogens is 1060 g/mol. The summed E-state index contributed by atoms with van der Waals surface area (Å²) in [5.41, 5.74) is -2.83. The maximum Gasteiger partial charge on any atom is 0.416 e.